The Hall–Kier alpha value is -1.33. The van der Waals surface area contributed by atoms with Gasteiger partial charge in [-0.2, -0.15) is 13.2 Å². The molecule has 6 heteroatoms. The number of nitrogens with zero attached hydrogens (tertiary/aromatic N) is 1. The number of aryl methyl sites for hydroxylation is 1. The van der Waals surface area contributed by atoms with Crippen LogP contribution in [0.25, 0.3) is 0 Å². The third-order valence-electron chi connectivity index (χ3n) is 1.32. The van der Waals surface area contributed by atoms with Gasteiger partial charge >= 0.3 is 6.18 Å². The van der Waals surface area contributed by atoms with Crippen LogP contribution in [0.5, 0.6) is 5.88 Å². The predicted molar refractivity (Wildman–Crippen MR) is 40.5 cm³/mol. The molecule has 0 radical (unpaired) electrons. The lowest BCUT2D eigenvalue weighted by atomic mass is 10.3. The minimum Gasteiger partial charge on any atom is -0.466 e. The van der Waals surface area contributed by atoms with Crippen LogP contribution >= 0.6 is 0 Å². The van der Waals surface area contributed by atoms with E-state index in [1.807, 2.05) is 0 Å². The van der Waals surface area contributed by atoms with Crippen molar-refractivity contribution < 1.29 is 22.3 Å². The monoisotopic (exact) mass is 209 g/mol. The lowest BCUT2D eigenvalue weighted by Crippen LogP contribution is -2.20. The summed E-state index contributed by atoms with van der Waals surface area (Å²) < 4.78 is 52.0. The molecular weight excluding hydrogens is 202 g/mol. The minimum absolute atomic E-state index is 0.516. The summed E-state index contributed by atoms with van der Waals surface area (Å²) in [6, 6.07) is 1.05. The van der Waals surface area contributed by atoms with Gasteiger partial charge in [-0.3, -0.25) is 0 Å². The number of ether oxygens (including phenoxy) is 1. The number of hydrogen-bond donors (Lipinski definition) is 0. The van der Waals surface area contributed by atoms with Crippen LogP contribution in [-0.4, -0.2) is 17.8 Å². The third kappa shape index (κ3) is 3.20. The van der Waals surface area contributed by atoms with Crippen LogP contribution in [-0.2, 0) is 0 Å². The molecule has 0 aromatic carbocycles. The second kappa shape index (κ2) is 3.81. The summed E-state index contributed by atoms with van der Waals surface area (Å²) in [7, 11) is 0. The van der Waals surface area contributed by atoms with Gasteiger partial charge in [0.25, 0.3) is 5.88 Å². The molecule has 2 nitrogen and oxygen atoms in total. The zero-order chi connectivity index (χ0) is 10.8. The summed E-state index contributed by atoms with van der Waals surface area (Å²) in [5.41, 5.74) is 0.516. The van der Waals surface area contributed by atoms with E-state index >= 15 is 0 Å². The molecule has 0 aliphatic carbocycles. The lowest BCUT2D eigenvalue weighted by Gasteiger charge is -2.08. The summed E-state index contributed by atoms with van der Waals surface area (Å²) in [6.45, 7) is 0.0313. The lowest BCUT2D eigenvalue weighted by molar-refractivity contribution is -0.154. The molecule has 0 aliphatic heterocycles. The summed E-state index contributed by atoms with van der Waals surface area (Å²) in [4.78, 5) is 3.38. The maximum Gasteiger partial charge on any atom is 0.422 e. The van der Waals surface area contributed by atoms with E-state index in [9.17, 15) is 17.6 Å². The summed E-state index contributed by atoms with van der Waals surface area (Å²) >= 11 is 0. The van der Waals surface area contributed by atoms with Crippen molar-refractivity contribution in [2.75, 3.05) is 6.61 Å². The van der Waals surface area contributed by atoms with Crippen LogP contribution < -0.4 is 4.74 Å². The molecular formula is C8H7F4NO. The first-order valence-corrected chi connectivity index (χ1v) is 3.70. The van der Waals surface area contributed by atoms with E-state index in [1.54, 1.807) is 6.92 Å². The molecule has 1 aromatic heterocycles. The molecule has 0 N–H and O–H groups in total. The quantitative estimate of drug-likeness (QED) is 0.698. The SMILES string of the molecule is Cc1cnc(OCC(F)(F)F)c(F)c1. The van der Waals surface area contributed by atoms with E-state index in [2.05, 4.69) is 9.72 Å². The molecule has 1 heterocycles. The largest absolute Gasteiger partial charge is 0.466 e. The van der Waals surface area contributed by atoms with Crippen molar-refractivity contribution in [3.05, 3.63) is 23.6 Å². The molecule has 0 unspecified atom stereocenters. The van der Waals surface area contributed by atoms with Gasteiger partial charge in [-0.15, -0.1) is 0 Å². The average molecular weight is 209 g/mol. The third-order valence-corrected chi connectivity index (χ3v) is 1.32. The van der Waals surface area contributed by atoms with Gasteiger partial charge < -0.3 is 4.74 Å². The van der Waals surface area contributed by atoms with E-state index in [4.69, 9.17) is 0 Å². The van der Waals surface area contributed by atoms with Crippen molar-refractivity contribution in [2.24, 2.45) is 0 Å². The van der Waals surface area contributed by atoms with Crippen molar-refractivity contribution in [3.63, 3.8) is 0 Å². The highest BCUT2D eigenvalue weighted by Gasteiger charge is 2.29. The molecule has 0 saturated heterocycles. The molecule has 14 heavy (non-hydrogen) atoms. The van der Waals surface area contributed by atoms with Crippen LogP contribution in [0.3, 0.4) is 0 Å². The predicted octanol–water partition coefficient (Wildman–Crippen LogP) is 2.47. The standard InChI is InChI=1S/C8H7F4NO/c1-5-2-6(9)7(13-3-5)14-4-8(10,11)12/h2-3H,4H2,1H3. The topological polar surface area (TPSA) is 22.1 Å². The highest BCUT2D eigenvalue weighted by Crippen LogP contribution is 2.19. The Morgan fingerprint density at radius 1 is 1.43 bits per heavy atom. The van der Waals surface area contributed by atoms with Crippen molar-refractivity contribution in [3.8, 4) is 5.88 Å². The number of halogens is 4. The van der Waals surface area contributed by atoms with E-state index < -0.39 is 24.5 Å². The Morgan fingerprint density at radius 3 is 2.57 bits per heavy atom. The van der Waals surface area contributed by atoms with Crippen molar-refractivity contribution in [2.45, 2.75) is 13.1 Å². The van der Waals surface area contributed by atoms with Gasteiger partial charge in [-0.25, -0.2) is 9.37 Å². The first-order valence-electron chi connectivity index (χ1n) is 3.70. The highest BCUT2D eigenvalue weighted by molar-refractivity contribution is 5.18. The summed E-state index contributed by atoms with van der Waals surface area (Å²) in [5.74, 6) is -1.53. The van der Waals surface area contributed by atoms with Crippen molar-refractivity contribution >= 4 is 0 Å². The van der Waals surface area contributed by atoms with Crippen LogP contribution in [0, 0.1) is 12.7 Å². The second-order valence-electron chi connectivity index (χ2n) is 2.70. The fourth-order valence-corrected chi connectivity index (χ4v) is 0.777. The molecule has 78 valence electrons. The fraction of sp³-hybridized carbons (Fsp3) is 0.375. The number of pyridine rings is 1. The zero-order valence-corrected chi connectivity index (χ0v) is 7.23. The summed E-state index contributed by atoms with van der Waals surface area (Å²) in [6.07, 6.45) is -3.26. The van der Waals surface area contributed by atoms with Gasteiger partial charge in [0, 0.05) is 6.20 Å². The van der Waals surface area contributed by atoms with E-state index in [-0.39, 0.29) is 0 Å². The maximum absolute atomic E-state index is 12.9. The van der Waals surface area contributed by atoms with Gasteiger partial charge in [-0.1, -0.05) is 0 Å². The molecule has 0 spiro atoms. The van der Waals surface area contributed by atoms with Crippen LogP contribution in [0.4, 0.5) is 17.6 Å². The molecule has 0 amide bonds. The van der Waals surface area contributed by atoms with Gasteiger partial charge in [0.2, 0.25) is 0 Å². The van der Waals surface area contributed by atoms with Crippen LogP contribution in [0.15, 0.2) is 12.3 Å². The number of alkyl halides is 3. The number of aromatic nitrogens is 1. The van der Waals surface area contributed by atoms with Gasteiger partial charge in [0.15, 0.2) is 12.4 Å². The highest BCUT2D eigenvalue weighted by atomic mass is 19.4. The van der Waals surface area contributed by atoms with Gasteiger partial charge in [-0.05, 0) is 18.6 Å². The van der Waals surface area contributed by atoms with E-state index in [0.29, 0.717) is 5.56 Å². The summed E-state index contributed by atoms with van der Waals surface area (Å²) in [5, 5.41) is 0. The molecule has 0 bridgehead atoms. The first-order chi connectivity index (χ1) is 6.38. The zero-order valence-electron chi connectivity index (χ0n) is 7.23. The van der Waals surface area contributed by atoms with Crippen molar-refractivity contribution in [1.29, 1.82) is 0 Å². The number of rotatable bonds is 2. The molecule has 1 aromatic rings. The Balaban J connectivity index is 2.68. The van der Waals surface area contributed by atoms with Crippen LogP contribution in [0.2, 0.25) is 0 Å². The average Bonchev–Trinajstić information content (AvgIpc) is 2.00. The van der Waals surface area contributed by atoms with Crippen molar-refractivity contribution in [1.82, 2.24) is 4.98 Å². The molecule has 0 fully saturated rings. The van der Waals surface area contributed by atoms with Gasteiger partial charge in [0.05, 0.1) is 0 Å². The minimum atomic E-state index is -4.49. The van der Waals surface area contributed by atoms with E-state index in [1.165, 1.54) is 6.20 Å². The second-order valence-corrected chi connectivity index (χ2v) is 2.70. The molecule has 0 atom stereocenters. The fourth-order valence-electron chi connectivity index (χ4n) is 0.777. The normalized spacial score (nSPS) is 11.5. The Bertz CT molecular complexity index is 324. The van der Waals surface area contributed by atoms with Crippen LogP contribution in [0.1, 0.15) is 5.56 Å². The van der Waals surface area contributed by atoms with E-state index in [0.717, 1.165) is 6.07 Å². The smallest absolute Gasteiger partial charge is 0.422 e. The molecule has 1 rings (SSSR count). The molecule has 0 aliphatic rings. The first kappa shape index (κ1) is 10.7. The van der Waals surface area contributed by atoms with Gasteiger partial charge in [0.1, 0.15) is 0 Å². The Morgan fingerprint density at radius 2 is 2.07 bits per heavy atom. The maximum atomic E-state index is 12.9. The molecule has 0 saturated carbocycles. The number of hydrogen-bond acceptors (Lipinski definition) is 2. The Kier molecular flexibility index (Phi) is 2.93. The Labute approximate surface area is 77.5 Å².